The third kappa shape index (κ3) is 1.69. The molecule has 2 rings (SSSR count). The number of rotatable bonds is 0. The van der Waals surface area contributed by atoms with Crippen molar-refractivity contribution in [1.82, 2.24) is 2.84 Å². The predicted molar refractivity (Wildman–Crippen MR) is 48.8 cm³/mol. The molecule has 2 nitrogen and oxygen atoms in total. The van der Waals surface area contributed by atoms with E-state index in [1.165, 1.54) is 57.2 Å². The molecule has 1 saturated carbocycles. The summed E-state index contributed by atoms with van der Waals surface area (Å²) in [4.78, 5) is 0. The SMILES string of the molecule is OC1CCCC2CCC[N]([Bi])C12. The molecule has 2 fully saturated rings. The normalized spacial score (nSPS) is 44.0. The van der Waals surface area contributed by atoms with Crippen molar-refractivity contribution in [1.29, 1.82) is 0 Å². The molecule has 2 radical (unpaired) electrons. The summed E-state index contributed by atoms with van der Waals surface area (Å²) in [5.74, 6) is 0.812. The Balaban J connectivity index is 2.07. The Kier molecular flexibility index (Phi) is 3.04. The van der Waals surface area contributed by atoms with Crippen LogP contribution in [0.5, 0.6) is 0 Å². The van der Waals surface area contributed by atoms with Gasteiger partial charge in [0.2, 0.25) is 0 Å². The Morgan fingerprint density at radius 1 is 1.17 bits per heavy atom. The summed E-state index contributed by atoms with van der Waals surface area (Å²) >= 11 is 1.34. The molecule has 3 heteroatoms. The van der Waals surface area contributed by atoms with E-state index >= 15 is 0 Å². The molecule has 68 valence electrons. The van der Waals surface area contributed by atoms with Crippen LogP contribution in [0.15, 0.2) is 0 Å². The Labute approximate surface area is 89.6 Å². The Hall–Kier alpha value is 0.803. The minimum atomic E-state index is -0.0194. The van der Waals surface area contributed by atoms with Gasteiger partial charge in [-0.15, -0.1) is 0 Å². The van der Waals surface area contributed by atoms with Gasteiger partial charge in [-0.05, 0) is 0 Å². The first-order valence-corrected chi connectivity index (χ1v) is 6.48. The molecular weight excluding hydrogens is 347 g/mol. The van der Waals surface area contributed by atoms with Crippen LogP contribution in [0.4, 0.5) is 0 Å². The van der Waals surface area contributed by atoms with Gasteiger partial charge in [-0.25, -0.2) is 0 Å². The van der Waals surface area contributed by atoms with Crippen molar-refractivity contribution in [2.45, 2.75) is 44.2 Å². The standard InChI is InChI=1S/C9H16NO.Bi/c11-8-5-1-3-7-4-2-6-10-9(7)8;/h7-9,11H,1-6H2;/q-1;+1. The monoisotopic (exact) mass is 363 g/mol. The number of hydrogen-bond donors (Lipinski definition) is 1. The molecule has 1 aliphatic heterocycles. The molecule has 1 N–H and O–H groups in total. The number of piperidine rings is 1. The fourth-order valence-electron chi connectivity index (χ4n) is 2.67. The van der Waals surface area contributed by atoms with Gasteiger partial charge in [0.25, 0.3) is 0 Å². The third-order valence-electron chi connectivity index (χ3n) is 3.26. The molecule has 0 spiro atoms. The summed E-state index contributed by atoms with van der Waals surface area (Å²) in [5, 5.41) is 9.85. The summed E-state index contributed by atoms with van der Waals surface area (Å²) in [7, 11) is 0. The Morgan fingerprint density at radius 3 is 2.67 bits per heavy atom. The Morgan fingerprint density at radius 2 is 1.92 bits per heavy atom. The van der Waals surface area contributed by atoms with Gasteiger partial charge in [0.1, 0.15) is 0 Å². The van der Waals surface area contributed by atoms with E-state index in [1.807, 2.05) is 0 Å². The van der Waals surface area contributed by atoms with Crippen molar-refractivity contribution in [3.63, 3.8) is 0 Å². The zero-order chi connectivity index (χ0) is 8.55. The summed E-state index contributed by atoms with van der Waals surface area (Å²) in [5.41, 5.74) is 0. The summed E-state index contributed by atoms with van der Waals surface area (Å²) < 4.78 is 2.47. The van der Waals surface area contributed by atoms with Crippen LogP contribution in [0.2, 0.25) is 0 Å². The van der Waals surface area contributed by atoms with E-state index in [9.17, 15) is 5.11 Å². The molecule has 1 heterocycles. The van der Waals surface area contributed by atoms with Crippen molar-refractivity contribution in [3.05, 3.63) is 0 Å². The molecule has 0 aromatic carbocycles. The van der Waals surface area contributed by atoms with Crippen LogP contribution in [-0.4, -0.2) is 51.7 Å². The van der Waals surface area contributed by atoms with Gasteiger partial charge in [-0.2, -0.15) is 0 Å². The van der Waals surface area contributed by atoms with Gasteiger partial charge >= 0.3 is 89.7 Å². The van der Waals surface area contributed by atoms with E-state index < -0.39 is 0 Å². The molecule has 0 bridgehead atoms. The van der Waals surface area contributed by atoms with Crippen molar-refractivity contribution < 1.29 is 5.11 Å². The molecule has 0 aromatic heterocycles. The van der Waals surface area contributed by atoms with Crippen molar-refractivity contribution in [2.24, 2.45) is 5.92 Å². The summed E-state index contributed by atoms with van der Waals surface area (Å²) in [6.45, 7) is 1.23. The van der Waals surface area contributed by atoms with Crippen molar-refractivity contribution >= 4 is 25.0 Å². The minimum absolute atomic E-state index is 0.0194. The molecule has 1 aliphatic carbocycles. The molecule has 12 heavy (non-hydrogen) atoms. The zero-order valence-corrected chi connectivity index (χ0v) is 10.8. The van der Waals surface area contributed by atoms with Crippen LogP contribution in [0.3, 0.4) is 0 Å². The fraction of sp³-hybridized carbons (Fsp3) is 1.00. The van der Waals surface area contributed by atoms with Gasteiger partial charge in [0.05, 0.1) is 0 Å². The first kappa shape index (κ1) is 9.36. The molecule has 2 aliphatic rings. The third-order valence-corrected chi connectivity index (χ3v) is 5.07. The van der Waals surface area contributed by atoms with E-state index in [2.05, 4.69) is 2.84 Å². The van der Waals surface area contributed by atoms with E-state index in [0.717, 1.165) is 12.3 Å². The van der Waals surface area contributed by atoms with E-state index in [1.54, 1.807) is 0 Å². The van der Waals surface area contributed by atoms with Crippen LogP contribution in [0.1, 0.15) is 32.1 Å². The maximum atomic E-state index is 9.85. The van der Waals surface area contributed by atoms with Crippen LogP contribution in [0, 0.1) is 5.92 Å². The summed E-state index contributed by atoms with van der Waals surface area (Å²) in [6.07, 6.45) is 6.33. The maximum absolute atomic E-state index is 9.85. The second-order valence-corrected chi connectivity index (χ2v) is 6.05. The van der Waals surface area contributed by atoms with Crippen LogP contribution in [0.25, 0.3) is 0 Å². The number of fused-ring (bicyclic) bond motifs is 1. The fourth-order valence-corrected chi connectivity index (χ4v) is 4.55. The number of aliphatic hydroxyl groups is 1. The average molecular weight is 363 g/mol. The second-order valence-electron chi connectivity index (χ2n) is 4.05. The molecule has 1 saturated heterocycles. The van der Waals surface area contributed by atoms with Gasteiger partial charge in [0, 0.05) is 0 Å². The van der Waals surface area contributed by atoms with Crippen molar-refractivity contribution in [3.8, 4) is 0 Å². The van der Waals surface area contributed by atoms with Gasteiger partial charge < -0.3 is 0 Å². The van der Waals surface area contributed by atoms with E-state index in [-0.39, 0.29) is 6.10 Å². The molecular formula is C9H16BiNO. The van der Waals surface area contributed by atoms with Crippen molar-refractivity contribution in [2.75, 3.05) is 6.54 Å². The van der Waals surface area contributed by atoms with Crippen LogP contribution < -0.4 is 0 Å². The van der Waals surface area contributed by atoms with Gasteiger partial charge in [0.15, 0.2) is 0 Å². The molecule has 3 unspecified atom stereocenters. The quantitative estimate of drug-likeness (QED) is 0.641. The van der Waals surface area contributed by atoms with Gasteiger partial charge in [-0.3, -0.25) is 0 Å². The first-order chi connectivity index (χ1) is 5.79. The van der Waals surface area contributed by atoms with E-state index in [0.29, 0.717) is 6.04 Å². The summed E-state index contributed by atoms with van der Waals surface area (Å²) in [6, 6.07) is 0.529. The van der Waals surface area contributed by atoms with Crippen LogP contribution in [-0.2, 0) is 0 Å². The number of aliphatic hydroxyl groups excluding tert-OH is 1. The average Bonchev–Trinajstić information content (AvgIpc) is 2.04. The predicted octanol–water partition coefficient (Wildman–Crippen LogP) is 0.695. The number of nitrogens with zero attached hydrogens (tertiary/aromatic N) is 1. The second kappa shape index (κ2) is 3.90. The molecule has 0 amide bonds. The van der Waals surface area contributed by atoms with Crippen LogP contribution >= 0.6 is 0 Å². The molecule has 3 atom stereocenters. The zero-order valence-electron chi connectivity index (χ0n) is 7.32. The Bertz CT molecular complexity index is 149. The first-order valence-electron chi connectivity index (χ1n) is 4.92. The van der Waals surface area contributed by atoms with E-state index in [4.69, 9.17) is 0 Å². The molecule has 0 aromatic rings. The number of hydrogen-bond acceptors (Lipinski definition) is 2. The topological polar surface area (TPSA) is 23.5 Å². The van der Waals surface area contributed by atoms with Gasteiger partial charge in [-0.1, -0.05) is 0 Å².